The summed E-state index contributed by atoms with van der Waals surface area (Å²) in [7, 11) is 1.52. The molecule has 2 unspecified atom stereocenters. The number of nitrogens with one attached hydrogen (secondary N) is 1. The molecule has 0 spiro atoms. The van der Waals surface area contributed by atoms with Gasteiger partial charge in [0, 0.05) is 6.61 Å². The molecule has 20 heavy (non-hydrogen) atoms. The fourth-order valence-corrected chi connectivity index (χ4v) is 1.67. The number of carbonyl (C=O) groups is 2. The number of aliphatic carboxylic acids is 1. The van der Waals surface area contributed by atoms with Crippen LogP contribution in [0.3, 0.4) is 0 Å². The van der Waals surface area contributed by atoms with Gasteiger partial charge in [0.05, 0.1) is 7.11 Å². The highest BCUT2D eigenvalue weighted by Gasteiger charge is 2.24. The van der Waals surface area contributed by atoms with Gasteiger partial charge in [0.2, 0.25) is 5.91 Å². The zero-order valence-corrected chi connectivity index (χ0v) is 11.8. The number of carboxylic acid groups (broad SMARTS) is 1. The van der Waals surface area contributed by atoms with Crippen LogP contribution >= 0.6 is 0 Å². The van der Waals surface area contributed by atoms with Crippen LogP contribution in [0.4, 0.5) is 0 Å². The van der Waals surface area contributed by atoms with Crippen molar-refractivity contribution in [2.45, 2.75) is 26.0 Å². The molecule has 0 aliphatic heterocycles. The van der Waals surface area contributed by atoms with Gasteiger partial charge in [-0.05, 0) is 31.5 Å². The summed E-state index contributed by atoms with van der Waals surface area (Å²) in [5.41, 5.74) is 0.468. The first-order valence-corrected chi connectivity index (χ1v) is 6.28. The van der Waals surface area contributed by atoms with Crippen molar-refractivity contribution in [3.8, 4) is 5.75 Å². The first-order chi connectivity index (χ1) is 9.49. The fourth-order valence-electron chi connectivity index (χ4n) is 1.67. The number of amides is 1. The van der Waals surface area contributed by atoms with Crippen LogP contribution in [0.5, 0.6) is 5.75 Å². The summed E-state index contributed by atoms with van der Waals surface area (Å²) in [6.07, 6.45) is -0.694. The van der Waals surface area contributed by atoms with Gasteiger partial charge in [-0.15, -0.1) is 0 Å². The molecule has 1 rings (SSSR count). The van der Waals surface area contributed by atoms with Gasteiger partial charge in [-0.1, -0.05) is 12.1 Å². The lowest BCUT2D eigenvalue weighted by atomic mass is 10.1. The number of carboxylic acids is 1. The molecule has 1 amide bonds. The average Bonchev–Trinajstić information content (AvgIpc) is 2.44. The Hall–Kier alpha value is -2.08. The number of hydrogen-bond acceptors (Lipinski definition) is 4. The molecule has 6 nitrogen and oxygen atoms in total. The van der Waals surface area contributed by atoms with E-state index in [1.165, 1.54) is 7.11 Å². The number of hydrogen-bond donors (Lipinski definition) is 2. The van der Waals surface area contributed by atoms with E-state index in [1.54, 1.807) is 38.1 Å². The van der Waals surface area contributed by atoms with Crippen LogP contribution in [-0.2, 0) is 14.3 Å². The van der Waals surface area contributed by atoms with Gasteiger partial charge in [-0.3, -0.25) is 4.79 Å². The lowest BCUT2D eigenvalue weighted by Crippen LogP contribution is -2.40. The summed E-state index contributed by atoms with van der Waals surface area (Å²) in [6, 6.07) is 5.37. The highest BCUT2D eigenvalue weighted by Crippen LogP contribution is 2.18. The molecule has 0 aliphatic rings. The third-order valence-electron chi connectivity index (χ3n) is 2.77. The summed E-state index contributed by atoms with van der Waals surface area (Å²) in [4.78, 5) is 23.1. The predicted octanol–water partition coefficient (Wildman–Crippen LogP) is 1.36. The van der Waals surface area contributed by atoms with Crippen LogP contribution in [0.2, 0.25) is 0 Å². The molecule has 2 N–H and O–H groups in total. The molecule has 6 heteroatoms. The topological polar surface area (TPSA) is 84.9 Å². The van der Waals surface area contributed by atoms with Crippen LogP contribution in [0.15, 0.2) is 24.3 Å². The van der Waals surface area contributed by atoms with Crippen LogP contribution < -0.4 is 10.1 Å². The van der Waals surface area contributed by atoms with Crippen molar-refractivity contribution < 1.29 is 24.2 Å². The first-order valence-electron chi connectivity index (χ1n) is 6.28. The maximum atomic E-state index is 11.8. The molecule has 0 aliphatic carbocycles. The van der Waals surface area contributed by atoms with Crippen molar-refractivity contribution in [3.63, 3.8) is 0 Å². The van der Waals surface area contributed by atoms with E-state index in [0.29, 0.717) is 17.9 Å². The van der Waals surface area contributed by atoms with Crippen molar-refractivity contribution in [1.29, 1.82) is 0 Å². The minimum absolute atomic E-state index is 0.384. The zero-order chi connectivity index (χ0) is 15.1. The largest absolute Gasteiger partial charge is 0.497 e. The number of ether oxygens (including phenoxy) is 2. The smallest absolute Gasteiger partial charge is 0.330 e. The number of rotatable bonds is 7. The quantitative estimate of drug-likeness (QED) is 0.788. The average molecular weight is 281 g/mol. The van der Waals surface area contributed by atoms with Gasteiger partial charge in [0.1, 0.15) is 11.9 Å². The minimum atomic E-state index is -1.13. The Balaban J connectivity index is 2.83. The molecular weight excluding hydrogens is 262 g/mol. The van der Waals surface area contributed by atoms with E-state index in [9.17, 15) is 14.7 Å². The van der Waals surface area contributed by atoms with E-state index < -0.39 is 24.0 Å². The molecule has 0 radical (unpaired) electrons. The van der Waals surface area contributed by atoms with Gasteiger partial charge >= 0.3 is 5.97 Å². The maximum absolute atomic E-state index is 11.8. The van der Waals surface area contributed by atoms with E-state index in [1.807, 2.05) is 0 Å². The Bertz CT molecular complexity index is 457. The Morgan fingerprint density at radius 2 is 1.90 bits per heavy atom. The Morgan fingerprint density at radius 1 is 1.30 bits per heavy atom. The number of benzene rings is 1. The molecule has 1 aromatic rings. The second-order valence-electron chi connectivity index (χ2n) is 4.15. The van der Waals surface area contributed by atoms with E-state index in [2.05, 4.69) is 5.32 Å². The SMILES string of the molecule is CCOC(C)C(=O)NC(C(=O)O)c1ccc(OC)cc1. The summed E-state index contributed by atoms with van der Waals surface area (Å²) in [5, 5.41) is 11.7. The van der Waals surface area contributed by atoms with Crippen molar-refractivity contribution in [3.05, 3.63) is 29.8 Å². The van der Waals surface area contributed by atoms with Gasteiger partial charge in [0.15, 0.2) is 6.04 Å². The third-order valence-corrected chi connectivity index (χ3v) is 2.77. The van der Waals surface area contributed by atoms with Crippen LogP contribution in [0.1, 0.15) is 25.5 Å². The van der Waals surface area contributed by atoms with E-state index in [0.717, 1.165) is 0 Å². The van der Waals surface area contributed by atoms with Gasteiger partial charge in [0.25, 0.3) is 0 Å². The first kappa shape index (κ1) is 16.0. The number of methoxy groups -OCH3 is 1. The highest BCUT2D eigenvalue weighted by molar-refractivity contribution is 5.86. The lowest BCUT2D eigenvalue weighted by molar-refractivity contribution is -0.144. The Labute approximate surface area is 117 Å². The fraction of sp³-hybridized carbons (Fsp3) is 0.429. The normalized spacial score (nSPS) is 13.3. The highest BCUT2D eigenvalue weighted by atomic mass is 16.5. The van der Waals surface area contributed by atoms with Crippen molar-refractivity contribution in [2.75, 3.05) is 13.7 Å². The van der Waals surface area contributed by atoms with Crippen molar-refractivity contribution in [2.24, 2.45) is 0 Å². The maximum Gasteiger partial charge on any atom is 0.330 e. The Kier molecular flexibility index (Phi) is 5.99. The monoisotopic (exact) mass is 281 g/mol. The van der Waals surface area contributed by atoms with E-state index >= 15 is 0 Å². The van der Waals surface area contributed by atoms with E-state index in [4.69, 9.17) is 9.47 Å². The van der Waals surface area contributed by atoms with Crippen LogP contribution in [0.25, 0.3) is 0 Å². The second-order valence-corrected chi connectivity index (χ2v) is 4.15. The molecule has 0 saturated heterocycles. The van der Waals surface area contributed by atoms with Crippen molar-refractivity contribution in [1.82, 2.24) is 5.32 Å². The zero-order valence-electron chi connectivity index (χ0n) is 11.8. The van der Waals surface area contributed by atoms with Gasteiger partial charge < -0.3 is 19.9 Å². The molecule has 0 aromatic heterocycles. The van der Waals surface area contributed by atoms with Crippen LogP contribution in [-0.4, -0.2) is 36.8 Å². The molecule has 1 aromatic carbocycles. The standard InChI is InChI=1S/C14H19NO5/c1-4-20-9(2)13(16)15-12(14(17)18)10-5-7-11(19-3)8-6-10/h5-9,12H,4H2,1-3H3,(H,15,16)(H,17,18). The predicted molar refractivity (Wildman–Crippen MR) is 72.6 cm³/mol. The summed E-state index contributed by atoms with van der Waals surface area (Å²) >= 11 is 0. The molecule has 2 atom stereocenters. The minimum Gasteiger partial charge on any atom is -0.497 e. The Morgan fingerprint density at radius 3 is 2.35 bits per heavy atom. The summed E-state index contributed by atoms with van der Waals surface area (Å²) in [5.74, 6) is -0.978. The molecular formula is C14H19NO5. The molecule has 0 saturated carbocycles. The summed E-state index contributed by atoms with van der Waals surface area (Å²) in [6.45, 7) is 3.72. The lowest BCUT2D eigenvalue weighted by Gasteiger charge is -2.18. The summed E-state index contributed by atoms with van der Waals surface area (Å²) < 4.78 is 10.1. The van der Waals surface area contributed by atoms with E-state index in [-0.39, 0.29) is 0 Å². The molecule has 110 valence electrons. The molecule has 0 heterocycles. The molecule has 0 fully saturated rings. The molecule has 0 bridgehead atoms. The third kappa shape index (κ3) is 4.24. The number of carbonyl (C=O) groups excluding carboxylic acids is 1. The van der Waals surface area contributed by atoms with Gasteiger partial charge in [-0.2, -0.15) is 0 Å². The van der Waals surface area contributed by atoms with Gasteiger partial charge in [-0.25, -0.2) is 4.79 Å². The second kappa shape index (κ2) is 7.49. The van der Waals surface area contributed by atoms with Crippen molar-refractivity contribution >= 4 is 11.9 Å². The van der Waals surface area contributed by atoms with Crippen LogP contribution in [0, 0.1) is 0 Å².